The number of nitrogens with one attached hydrogen (secondary N) is 2. The molecule has 8 heteroatoms. The summed E-state index contributed by atoms with van der Waals surface area (Å²) in [4.78, 5) is 18.9. The number of rotatable bonds is 7. The molecule has 1 amide bonds. The first-order valence-electron chi connectivity index (χ1n) is 9.95. The van der Waals surface area contributed by atoms with E-state index in [1.807, 2.05) is 50.2 Å². The normalized spacial score (nSPS) is 16.2. The lowest BCUT2D eigenvalue weighted by Crippen LogP contribution is -2.44. The predicted octanol–water partition coefficient (Wildman–Crippen LogP) is 3.27. The topological polar surface area (TPSA) is 86.2 Å². The van der Waals surface area contributed by atoms with Gasteiger partial charge in [0.2, 0.25) is 5.91 Å². The Labute approximate surface area is 194 Å². The van der Waals surface area contributed by atoms with E-state index in [1.54, 1.807) is 17.0 Å². The van der Waals surface area contributed by atoms with Crippen molar-refractivity contribution >= 4 is 41.5 Å². The van der Waals surface area contributed by atoms with E-state index in [0.717, 1.165) is 11.3 Å². The van der Waals surface area contributed by atoms with Gasteiger partial charge in [-0.15, -0.1) is 24.0 Å². The molecule has 1 unspecified atom stereocenters. The second-order valence-electron chi connectivity index (χ2n) is 6.82. The van der Waals surface area contributed by atoms with E-state index in [0.29, 0.717) is 44.4 Å². The molecule has 1 saturated heterocycles. The predicted molar refractivity (Wildman–Crippen MR) is 130 cm³/mol. The van der Waals surface area contributed by atoms with Crippen molar-refractivity contribution in [1.29, 1.82) is 0 Å². The van der Waals surface area contributed by atoms with E-state index in [1.165, 1.54) is 0 Å². The number of carbonyl (C=O) groups is 1. The van der Waals surface area contributed by atoms with E-state index in [9.17, 15) is 9.90 Å². The zero-order chi connectivity index (χ0) is 20.6. The Morgan fingerprint density at radius 3 is 2.70 bits per heavy atom. The van der Waals surface area contributed by atoms with Crippen molar-refractivity contribution in [3.05, 3.63) is 54.1 Å². The fourth-order valence-corrected chi connectivity index (χ4v) is 3.27. The molecule has 7 nitrogen and oxygen atoms in total. The minimum atomic E-state index is -0.0145. The number of phenols is 1. The third kappa shape index (κ3) is 6.25. The number of phenolic OH excluding ortho intramolecular Hbond substituents is 1. The molecule has 30 heavy (non-hydrogen) atoms. The van der Waals surface area contributed by atoms with Gasteiger partial charge in [-0.05, 0) is 43.7 Å². The number of carbonyl (C=O) groups excluding carboxylic acids is 1. The zero-order valence-corrected chi connectivity index (χ0v) is 19.6. The highest BCUT2D eigenvalue weighted by Gasteiger charge is 2.31. The number of hydrogen-bond donors (Lipinski definition) is 3. The summed E-state index contributed by atoms with van der Waals surface area (Å²) in [6, 6.07) is 14.9. The standard InChI is InChI=1S/C22H28N4O3.HI/c1-3-23-22(24-14-16-10-11-19(27)20(12-16)29-4-2)25-17-13-21(28)26(15-17)18-8-6-5-7-9-18;/h5-12,17,27H,3-4,13-15H2,1-2H3,(H2,23,24,25);1H. The molecular weight excluding hydrogens is 495 g/mol. The number of anilines is 1. The molecule has 1 fully saturated rings. The summed E-state index contributed by atoms with van der Waals surface area (Å²) in [6.07, 6.45) is 0.424. The van der Waals surface area contributed by atoms with Gasteiger partial charge in [0.05, 0.1) is 19.2 Å². The molecule has 2 aromatic carbocycles. The minimum absolute atomic E-state index is 0. The largest absolute Gasteiger partial charge is 0.504 e. The van der Waals surface area contributed by atoms with Gasteiger partial charge in [0.25, 0.3) is 0 Å². The smallest absolute Gasteiger partial charge is 0.229 e. The molecule has 3 rings (SSSR count). The molecule has 0 spiro atoms. The van der Waals surface area contributed by atoms with Gasteiger partial charge >= 0.3 is 0 Å². The van der Waals surface area contributed by atoms with Gasteiger partial charge in [-0.1, -0.05) is 24.3 Å². The number of para-hydroxylation sites is 1. The number of guanidine groups is 1. The second-order valence-corrected chi connectivity index (χ2v) is 6.82. The Kier molecular flexibility index (Phi) is 9.22. The lowest BCUT2D eigenvalue weighted by atomic mass is 10.2. The molecule has 0 saturated carbocycles. The lowest BCUT2D eigenvalue weighted by molar-refractivity contribution is -0.117. The van der Waals surface area contributed by atoms with Gasteiger partial charge in [-0.3, -0.25) is 4.79 Å². The number of nitrogens with zero attached hydrogens (tertiary/aromatic N) is 2. The number of amides is 1. The maximum atomic E-state index is 12.4. The molecule has 1 atom stereocenters. The van der Waals surface area contributed by atoms with Crippen LogP contribution in [0.1, 0.15) is 25.8 Å². The van der Waals surface area contributed by atoms with E-state index >= 15 is 0 Å². The van der Waals surface area contributed by atoms with Crippen molar-refractivity contribution in [2.45, 2.75) is 32.9 Å². The van der Waals surface area contributed by atoms with Crippen molar-refractivity contribution < 1.29 is 14.6 Å². The summed E-state index contributed by atoms with van der Waals surface area (Å²) >= 11 is 0. The molecule has 1 aliphatic rings. The maximum absolute atomic E-state index is 12.4. The Hall–Kier alpha value is -2.49. The third-order valence-electron chi connectivity index (χ3n) is 4.62. The van der Waals surface area contributed by atoms with E-state index < -0.39 is 0 Å². The van der Waals surface area contributed by atoms with E-state index in [2.05, 4.69) is 15.6 Å². The maximum Gasteiger partial charge on any atom is 0.229 e. The minimum Gasteiger partial charge on any atom is -0.504 e. The highest BCUT2D eigenvalue weighted by atomic mass is 127. The van der Waals surface area contributed by atoms with Crippen LogP contribution >= 0.6 is 24.0 Å². The number of hydrogen-bond acceptors (Lipinski definition) is 4. The SMILES string of the molecule is CCNC(=NCc1ccc(O)c(OCC)c1)NC1CC(=O)N(c2ccccc2)C1.I. The average Bonchev–Trinajstić information content (AvgIpc) is 3.09. The van der Waals surface area contributed by atoms with Crippen molar-refractivity contribution in [3.63, 3.8) is 0 Å². The quantitative estimate of drug-likeness (QED) is 0.294. The van der Waals surface area contributed by atoms with Crippen LogP contribution in [0.3, 0.4) is 0 Å². The van der Waals surface area contributed by atoms with Gasteiger partial charge in [0, 0.05) is 25.2 Å². The number of halogens is 1. The average molecular weight is 524 g/mol. The van der Waals surface area contributed by atoms with Crippen LogP contribution in [0.25, 0.3) is 0 Å². The fourth-order valence-electron chi connectivity index (χ4n) is 3.27. The van der Waals surface area contributed by atoms with Gasteiger partial charge in [0.15, 0.2) is 17.5 Å². The Balaban J connectivity index is 0.00000320. The van der Waals surface area contributed by atoms with Crippen LogP contribution in [0.5, 0.6) is 11.5 Å². The van der Waals surface area contributed by atoms with Gasteiger partial charge in [-0.25, -0.2) is 4.99 Å². The van der Waals surface area contributed by atoms with Gasteiger partial charge in [-0.2, -0.15) is 0 Å². The number of aliphatic imine (C=N–C) groups is 1. The van der Waals surface area contributed by atoms with Crippen LogP contribution in [-0.2, 0) is 11.3 Å². The summed E-state index contributed by atoms with van der Waals surface area (Å²) in [5, 5.41) is 16.4. The molecule has 0 radical (unpaired) electrons. The molecule has 0 bridgehead atoms. The second kappa shape index (κ2) is 11.6. The lowest BCUT2D eigenvalue weighted by Gasteiger charge is -2.19. The molecule has 3 N–H and O–H groups in total. The summed E-state index contributed by atoms with van der Waals surface area (Å²) in [6.45, 7) is 6.10. The van der Waals surface area contributed by atoms with Gasteiger partial charge in [0.1, 0.15) is 0 Å². The van der Waals surface area contributed by atoms with Crippen LogP contribution in [0.15, 0.2) is 53.5 Å². The Morgan fingerprint density at radius 1 is 1.23 bits per heavy atom. The number of benzene rings is 2. The highest BCUT2D eigenvalue weighted by Crippen LogP contribution is 2.27. The molecule has 162 valence electrons. The van der Waals surface area contributed by atoms with Crippen LogP contribution in [0.4, 0.5) is 5.69 Å². The molecule has 0 aliphatic carbocycles. The molecule has 2 aromatic rings. The van der Waals surface area contributed by atoms with Crippen molar-refractivity contribution in [3.8, 4) is 11.5 Å². The summed E-state index contributed by atoms with van der Waals surface area (Å²) in [5.74, 6) is 1.34. The van der Waals surface area contributed by atoms with E-state index in [4.69, 9.17) is 4.74 Å². The fraction of sp³-hybridized carbons (Fsp3) is 0.364. The van der Waals surface area contributed by atoms with Gasteiger partial charge < -0.3 is 25.4 Å². The molecule has 1 aliphatic heterocycles. The van der Waals surface area contributed by atoms with Crippen molar-refractivity contribution in [1.82, 2.24) is 10.6 Å². The first-order chi connectivity index (χ1) is 14.1. The third-order valence-corrected chi connectivity index (χ3v) is 4.62. The van der Waals surface area contributed by atoms with Crippen LogP contribution in [0.2, 0.25) is 0 Å². The highest BCUT2D eigenvalue weighted by molar-refractivity contribution is 14.0. The van der Waals surface area contributed by atoms with Crippen molar-refractivity contribution in [2.24, 2.45) is 4.99 Å². The van der Waals surface area contributed by atoms with Crippen molar-refractivity contribution in [2.75, 3.05) is 24.6 Å². The number of aromatic hydroxyl groups is 1. The van der Waals surface area contributed by atoms with Crippen LogP contribution < -0.4 is 20.3 Å². The number of ether oxygens (including phenoxy) is 1. The first kappa shape index (κ1) is 23.8. The summed E-state index contributed by atoms with van der Waals surface area (Å²) < 4.78 is 5.43. The summed E-state index contributed by atoms with van der Waals surface area (Å²) in [5.41, 5.74) is 1.84. The zero-order valence-electron chi connectivity index (χ0n) is 17.3. The molecule has 1 heterocycles. The monoisotopic (exact) mass is 524 g/mol. The molecular formula is C22H29IN4O3. The first-order valence-corrected chi connectivity index (χ1v) is 9.95. The van der Waals surface area contributed by atoms with Crippen LogP contribution in [-0.4, -0.2) is 42.7 Å². The Bertz CT molecular complexity index is 861. The Morgan fingerprint density at radius 2 is 2.00 bits per heavy atom. The summed E-state index contributed by atoms with van der Waals surface area (Å²) in [7, 11) is 0. The van der Waals surface area contributed by atoms with E-state index in [-0.39, 0.29) is 41.7 Å². The molecule has 0 aromatic heterocycles. The van der Waals surface area contributed by atoms with Crippen LogP contribution in [0, 0.1) is 0 Å².